The van der Waals surface area contributed by atoms with Gasteiger partial charge in [-0.05, 0) is 37.6 Å². The monoisotopic (exact) mass is 306 g/mol. The zero-order chi connectivity index (χ0) is 15.0. The van der Waals surface area contributed by atoms with Gasteiger partial charge in [0.2, 0.25) is 0 Å². The summed E-state index contributed by atoms with van der Waals surface area (Å²) in [7, 11) is 0. The fraction of sp³-hybridized carbons (Fsp3) is 0.294. The molecule has 3 rings (SSSR count). The predicted octanol–water partition coefficient (Wildman–Crippen LogP) is 5.07. The van der Waals surface area contributed by atoms with E-state index in [1.54, 1.807) is 6.07 Å². The smallest absolute Gasteiger partial charge is 0.169 e. The van der Waals surface area contributed by atoms with E-state index in [4.69, 9.17) is 21.1 Å². The molecule has 2 aromatic carbocycles. The van der Waals surface area contributed by atoms with Gasteiger partial charge in [0, 0.05) is 23.9 Å². The molecule has 0 radical (unpaired) electrons. The standard InChI is InChI=1S/C17H16ClFO2/c1-17(2)9-12-4-3-5-15(16(12)21-17)20-14-7-11(10-18)6-13(19)8-14/h3-8H,9-10H2,1-2H3. The molecule has 0 bridgehead atoms. The zero-order valence-electron chi connectivity index (χ0n) is 12.0. The molecule has 0 aromatic heterocycles. The molecule has 4 heteroatoms. The normalized spacial score (nSPS) is 15.4. The Morgan fingerprint density at radius 3 is 2.86 bits per heavy atom. The number of benzene rings is 2. The van der Waals surface area contributed by atoms with Crippen LogP contribution in [0.15, 0.2) is 36.4 Å². The topological polar surface area (TPSA) is 18.5 Å². The molecule has 1 heterocycles. The van der Waals surface area contributed by atoms with Crippen LogP contribution in [0.25, 0.3) is 0 Å². The summed E-state index contributed by atoms with van der Waals surface area (Å²) in [6.45, 7) is 4.06. The van der Waals surface area contributed by atoms with Crippen molar-refractivity contribution in [2.24, 2.45) is 0 Å². The summed E-state index contributed by atoms with van der Waals surface area (Å²) in [6, 6.07) is 10.2. The SMILES string of the molecule is CC1(C)Cc2cccc(Oc3cc(F)cc(CCl)c3)c2O1. The summed E-state index contributed by atoms with van der Waals surface area (Å²) >= 11 is 5.76. The molecule has 21 heavy (non-hydrogen) atoms. The second-order valence-corrected chi connectivity index (χ2v) is 6.08. The van der Waals surface area contributed by atoms with Gasteiger partial charge in [-0.1, -0.05) is 12.1 Å². The maximum absolute atomic E-state index is 13.5. The molecular formula is C17H16ClFO2. The second-order valence-electron chi connectivity index (χ2n) is 5.81. The molecule has 1 aliphatic heterocycles. The number of para-hydroxylation sites is 1. The van der Waals surface area contributed by atoms with E-state index < -0.39 is 0 Å². The molecule has 0 saturated heterocycles. The number of ether oxygens (including phenoxy) is 2. The number of rotatable bonds is 3. The number of hydrogen-bond donors (Lipinski definition) is 0. The van der Waals surface area contributed by atoms with E-state index in [9.17, 15) is 4.39 Å². The molecular weight excluding hydrogens is 291 g/mol. The third-order valence-electron chi connectivity index (χ3n) is 3.37. The Bertz CT molecular complexity index is 682. The van der Waals surface area contributed by atoms with Crippen molar-refractivity contribution in [2.75, 3.05) is 0 Å². The maximum atomic E-state index is 13.5. The van der Waals surface area contributed by atoms with Crippen molar-refractivity contribution in [2.45, 2.75) is 31.7 Å². The van der Waals surface area contributed by atoms with Crippen LogP contribution in [0.4, 0.5) is 4.39 Å². The first-order valence-corrected chi connectivity index (χ1v) is 7.34. The summed E-state index contributed by atoms with van der Waals surface area (Å²) in [5, 5.41) is 0. The fourth-order valence-corrected chi connectivity index (χ4v) is 2.71. The Morgan fingerprint density at radius 2 is 2.10 bits per heavy atom. The van der Waals surface area contributed by atoms with Gasteiger partial charge in [0.1, 0.15) is 17.2 Å². The lowest BCUT2D eigenvalue weighted by Crippen LogP contribution is -2.24. The van der Waals surface area contributed by atoms with E-state index in [1.807, 2.05) is 32.0 Å². The Hall–Kier alpha value is -1.74. The summed E-state index contributed by atoms with van der Waals surface area (Å²) in [5.74, 6) is 1.64. The maximum Gasteiger partial charge on any atom is 0.169 e. The quantitative estimate of drug-likeness (QED) is 0.737. The summed E-state index contributed by atoms with van der Waals surface area (Å²) in [4.78, 5) is 0. The van der Waals surface area contributed by atoms with E-state index in [0.717, 1.165) is 17.7 Å². The molecule has 1 aliphatic rings. The summed E-state index contributed by atoms with van der Waals surface area (Å²) in [5.41, 5.74) is 1.54. The van der Waals surface area contributed by atoms with E-state index in [-0.39, 0.29) is 17.3 Å². The minimum atomic E-state index is -0.364. The van der Waals surface area contributed by atoms with Crippen molar-refractivity contribution in [1.29, 1.82) is 0 Å². The van der Waals surface area contributed by atoms with E-state index in [1.165, 1.54) is 12.1 Å². The number of halogens is 2. The molecule has 110 valence electrons. The lowest BCUT2D eigenvalue weighted by Gasteiger charge is -2.18. The Labute approximate surface area is 128 Å². The largest absolute Gasteiger partial charge is 0.483 e. The Balaban J connectivity index is 1.94. The van der Waals surface area contributed by atoms with Crippen molar-refractivity contribution >= 4 is 11.6 Å². The van der Waals surface area contributed by atoms with Crippen LogP contribution in [0.2, 0.25) is 0 Å². The number of alkyl halides is 1. The van der Waals surface area contributed by atoms with Crippen molar-refractivity contribution in [3.63, 3.8) is 0 Å². The lowest BCUT2D eigenvalue weighted by atomic mass is 10.0. The van der Waals surface area contributed by atoms with Crippen molar-refractivity contribution in [1.82, 2.24) is 0 Å². The highest BCUT2D eigenvalue weighted by Gasteiger charge is 2.32. The predicted molar refractivity (Wildman–Crippen MR) is 80.9 cm³/mol. The van der Waals surface area contributed by atoms with Crippen LogP contribution in [-0.2, 0) is 12.3 Å². The third kappa shape index (κ3) is 2.98. The van der Waals surface area contributed by atoms with Crippen molar-refractivity contribution in [3.8, 4) is 17.2 Å². The van der Waals surface area contributed by atoms with Crippen LogP contribution in [0.1, 0.15) is 25.0 Å². The molecule has 0 aliphatic carbocycles. The summed E-state index contributed by atoms with van der Waals surface area (Å²) in [6.07, 6.45) is 0.829. The van der Waals surface area contributed by atoms with Crippen LogP contribution < -0.4 is 9.47 Å². The van der Waals surface area contributed by atoms with E-state index in [0.29, 0.717) is 17.1 Å². The van der Waals surface area contributed by atoms with Crippen LogP contribution in [0, 0.1) is 5.82 Å². The molecule has 0 fully saturated rings. The van der Waals surface area contributed by atoms with Gasteiger partial charge in [-0.2, -0.15) is 0 Å². The van der Waals surface area contributed by atoms with Gasteiger partial charge in [-0.25, -0.2) is 4.39 Å². The number of hydrogen-bond acceptors (Lipinski definition) is 2. The molecule has 0 spiro atoms. The lowest BCUT2D eigenvalue weighted by molar-refractivity contribution is 0.135. The molecule has 2 nitrogen and oxygen atoms in total. The van der Waals surface area contributed by atoms with Crippen LogP contribution >= 0.6 is 11.6 Å². The highest BCUT2D eigenvalue weighted by atomic mass is 35.5. The zero-order valence-corrected chi connectivity index (χ0v) is 12.7. The highest BCUT2D eigenvalue weighted by molar-refractivity contribution is 6.17. The average molecular weight is 307 g/mol. The van der Waals surface area contributed by atoms with Gasteiger partial charge in [0.05, 0.1) is 0 Å². The molecule has 0 N–H and O–H groups in total. The highest BCUT2D eigenvalue weighted by Crippen LogP contribution is 2.43. The molecule has 0 atom stereocenters. The first-order chi connectivity index (χ1) is 9.97. The van der Waals surface area contributed by atoms with Gasteiger partial charge in [-0.3, -0.25) is 0 Å². The van der Waals surface area contributed by atoms with E-state index >= 15 is 0 Å². The van der Waals surface area contributed by atoms with Gasteiger partial charge < -0.3 is 9.47 Å². The molecule has 2 aromatic rings. The summed E-state index contributed by atoms with van der Waals surface area (Å²) < 4.78 is 25.3. The fourth-order valence-electron chi connectivity index (χ4n) is 2.55. The minimum absolute atomic E-state index is 0.241. The molecule has 0 saturated carbocycles. The average Bonchev–Trinajstić information content (AvgIpc) is 2.73. The second kappa shape index (κ2) is 5.23. The van der Waals surface area contributed by atoms with E-state index in [2.05, 4.69) is 0 Å². The number of fused-ring (bicyclic) bond motifs is 1. The molecule has 0 amide bonds. The third-order valence-corrected chi connectivity index (χ3v) is 3.68. The Morgan fingerprint density at radius 1 is 1.29 bits per heavy atom. The molecule has 0 unspecified atom stereocenters. The van der Waals surface area contributed by atoms with Gasteiger partial charge >= 0.3 is 0 Å². The minimum Gasteiger partial charge on any atom is -0.483 e. The first kappa shape index (κ1) is 14.2. The van der Waals surface area contributed by atoms with Crippen molar-refractivity contribution in [3.05, 3.63) is 53.3 Å². The Kier molecular flexibility index (Phi) is 3.54. The van der Waals surface area contributed by atoms with Gasteiger partial charge in [-0.15, -0.1) is 11.6 Å². The van der Waals surface area contributed by atoms with Crippen LogP contribution in [-0.4, -0.2) is 5.60 Å². The first-order valence-electron chi connectivity index (χ1n) is 6.81. The van der Waals surface area contributed by atoms with Gasteiger partial charge in [0.25, 0.3) is 0 Å². The van der Waals surface area contributed by atoms with Crippen LogP contribution in [0.3, 0.4) is 0 Å². The van der Waals surface area contributed by atoms with Crippen molar-refractivity contribution < 1.29 is 13.9 Å². The van der Waals surface area contributed by atoms with Gasteiger partial charge in [0.15, 0.2) is 11.5 Å². The van der Waals surface area contributed by atoms with Crippen LogP contribution in [0.5, 0.6) is 17.2 Å².